The summed E-state index contributed by atoms with van der Waals surface area (Å²) in [6.07, 6.45) is 4.60. The van der Waals surface area contributed by atoms with Crippen LogP contribution in [0.2, 0.25) is 0 Å². The molecule has 1 saturated heterocycles. The van der Waals surface area contributed by atoms with E-state index in [9.17, 15) is 9.59 Å². The maximum Gasteiger partial charge on any atom is 0.314 e. The zero-order valence-corrected chi connectivity index (χ0v) is 16.0. The number of amides is 1. The Morgan fingerprint density at radius 1 is 1.00 bits per heavy atom. The molecule has 2 aromatic rings. The van der Waals surface area contributed by atoms with Gasteiger partial charge < -0.3 is 14.4 Å². The van der Waals surface area contributed by atoms with E-state index >= 15 is 0 Å². The first kappa shape index (κ1) is 19.7. The number of benzene rings is 2. The number of likely N-dealkylation sites (tertiary alicyclic amines) is 1. The Hall–Kier alpha value is -3.08. The third kappa shape index (κ3) is 5.22. The maximum atomic E-state index is 12.5. The van der Waals surface area contributed by atoms with Crippen molar-refractivity contribution in [3.05, 3.63) is 66.2 Å². The maximum absolute atomic E-state index is 12.5. The van der Waals surface area contributed by atoms with E-state index in [0.717, 1.165) is 5.56 Å². The summed E-state index contributed by atoms with van der Waals surface area (Å²) in [5.41, 5.74) is 0.988. The van der Waals surface area contributed by atoms with E-state index in [4.69, 9.17) is 9.47 Å². The van der Waals surface area contributed by atoms with E-state index < -0.39 is 0 Å². The Kier molecular flexibility index (Phi) is 6.84. The lowest BCUT2D eigenvalue weighted by Crippen LogP contribution is -2.40. The van der Waals surface area contributed by atoms with E-state index in [-0.39, 0.29) is 17.8 Å². The van der Waals surface area contributed by atoms with Crippen LogP contribution in [0, 0.1) is 5.92 Å². The molecule has 2 aromatic carbocycles. The third-order valence-corrected chi connectivity index (χ3v) is 4.72. The molecule has 1 aliphatic heterocycles. The average molecular weight is 379 g/mol. The lowest BCUT2D eigenvalue weighted by Gasteiger charge is -2.30. The smallest absolute Gasteiger partial charge is 0.314 e. The van der Waals surface area contributed by atoms with Gasteiger partial charge in [0, 0.05) is 19.2 Å². The summed E-state index contributed by atoms with van der Waals surface area (Å²) >= 11 is 0. The molecule has 0 aromatic heterocycles. The molecule has 146 valence electrons. The Morgan fingerprint density at radius 3 is 2.32 bits per heavy atom. The van der Waals surface area contributed by atoms with Crippen LogP contribution in [0.4, 0.5) is 0 Å². The number of carbonyl (C=O) groups is 2. The zero-order chi connectivity index (χ0) is 19.8. The summed E-state index contributed by atoms with van der Waals surface area (Å²) in [4.78, 5) is 26.7. The quantitative estimate of drug-likeness (QED) is 0.433. The minimum Gasteiger partial charge on any atom is -0.490 e. The number of piperidine rings is 1. The van der Waals surface area contributed by atoms with Gasteiger partial charge in [0.05, 0.1) is 12.5 Å². The molecule has 1 amide bonds. The van der Waals surface area contributed by atoms with Gasteiger partial charge in [0.1, 0.15) is 0 Å². The van der Waals surface area contributed by atoms with Gasteiger partial charge >= 0.3 is 5.97 Å². The van der Waals surface area contributed by atoms with Gasteiger partial charge in [0.25, 0.3) is 0 Å². The van der Waals surface area contributed by atoms with Crippen molar-refractivity contribution in [2.24, 2.45) is 5.92 Å². The molecule has 28 heavy (non-hydrogen) atoms. The van der Waals surface area contributed by atoms with Crippen molar-refractivity contribution in [1.82, 2.24) is 4.90 Å². The number of para-hydroxylation sites is 2. The van der Waals surface area contributed by atoms with Gasteiger partial charge in [-0.1, -0.05) is 42.5 Å². The molecule has 0 aliphatic carbocycles. The molecule has 0 saturated carbocycles. The standard InChI is InChI=1S/C23H25NO4/c1-2-27-20-10-6-7-11-21(20)28-23(26)19-14-16-24(17-15-19)22(25)13-12-18-8-4-3-5-9-18/h3-13,19H,2,14-17H2,1H3. The largest absolute Gasteiger partial charge is 0.490 e. The number of hydrogen-bond donors (Lipinski definition) is 0. The number of ether oxygens (including phenoxy) is 2. The summed E-state index contributed by atoms with van der Waals surface area (Å²) in [5.74, 6) is 0.504. The van der Waals surface area contributed by atoms with Gasteiger partial charge in [-0.3, -0.25) is 9.59 Å². The summed E-state index contributed by atoms with van der Waals surface area (Å²) in [6, 6.07) is 16.9. The molecule has 1 fully saturated rings. The lowest BCUT2D eigenvalue weighted by atomic mass is 9.97. The second-order valence-corrected chi connectivity index (χ2v) is 6.64. The summed E-state index contributed by atoms with van der Waals surface area (Å²) < 4.78 is 11.1. The Morgan fingerprint density at radius 2 is 1.64 bits per heavy atom. The molecule has 1 heterocycles. The van der Waals surface area contributed by atoms with Crippen molar-refractivity contribution in [1.29, 1.82) is 0 Å². The highest BCUT2D eigenvalue weighted by molar-refractivity contribution is 5.92. The first-order valence-corrected chi connectivity index (χ1v) is 9.63. The molecular formula is C23H25NO4. The van der Waals surface area contributed by atoms with Crippen LogP contribution < -0.4 is 9.47 Å². The summed E-state index contributed by atoms with van der Waals surface area (Å²) in [6.45, 7) is 3.48. The minimum atomic E-state index is -0.265. The van der Waals surface area contributed by atoms with Crippen molar-refractivity contribution in [3.63, 3.8) is 0 Å². The normalized spacial score (nSPS) is 14.8. The van der Waals surface area contributed by atoms with Crippen molar-refractivity contribution in [2.45, 2.75) is 19.8 Å². The molecule has 5 heteroatoms. The highest BCUT2D eigenvalue weighted by atomic mass is 16.6. The van der Waals surface area contributed by atoms with Crippen molar-refractivity contribution < 1.29 is 19.1 Å². The topological polar surface area (TPSA) is 55.8 Å². The Balaban J connectivity index is 1.51. The Labute approximate surface area is 165 Å². The SMILES string of the molecule is CCOc1ccccc1OC(=O)C1CCN(C(=O)C=Cc2ccccc2)CC1. The molecular weight excluding hydrogens is 354 g/mol. The minimum absolute atomic E-state index is 0.0302. The molecule has 0 spiro atoms. The van der Waals surface area contributed by atoms with E-state index in [1.807, 2.05) is 55.5 Å². The van der Waals surface area contributed by atoms with Crippen molar-refractivity contribution >= 4 is 18.0 Å². The van der Waals surface area contributed by atoms with Gasteiger partial charge in [0.15, 0.2) is 11.5 Å². The first-order chi connectivity index (χ1) is 13.7. The number of carbonyl (C=O) groups excluding carboxylic acids is 2. The predicted octanol–water partition coefficient (Wildman–Crippen LogP) is 3.94. The van der Waals surface area contributed by atoms with Crippen LogP contribution >= 0.6 is 0 Å². The second-order valence-electron chi connectivity index (χ2n) is 6.64. The number of nitrogens with zero attached hydrogens (tertiary/aromatic N) is 1. The Bertz CT molecular complexity index is 824. The van der Waals surface area contributed by atoms with Gasteiger partial charge in [-0.05, 0) is 43.5 Å². The third-order valence-electron chi connectivity index (χ3n) is 4.72. The molecule has 0 N–H and O–H groups in total. The predicted molar refractivity (Wildman–Crippen MR) is 108 cm³/mol. The lowest BCUT2D eigenvalue weighted by molar-refractivity contribution is -0.142. The fourth-order valence-corrected chi connectivity index (χ4v) is 3.17. The molecule has 0 radical (unpaired) electrons. The average Bonchev–Trinajstić information content (AvgIpc) is 2.74. The molecule has 5 nitrogen and oxygen atoms in total. The molecule has 3 rings (SSSR count). The van der Waals surface area contributed by atoms with Crippen molar-refractivity contribution in [2.75, 3.05) is 19.7 Å². The summed E-state index contributed by atoms with van der Waals surface area (Å²) in [5, 5.41) is 0. The van der Waals surface area contributed by atoms with Crippen LogP contribution in [-0.2, 0) is 9.59 Å². The van der Waals surface area contributed by atoms with Crippen LogP contribution in [-0.4, -0.2) is 36.5 Å². The van der Waals surface area contributed by atoms with Gasteiger partial charge in [-0.2, -0.15) is 0 Å². The summed E-state index contributed by atoms with van der Waals surface area (Å²) in [7, 11) is 0. The van der Waals surface area contributed by atoms with Crippen LogP contribution in [0.5, 0.6) is 11.5 Å². The monoisotopic (exact) mass is 379 g/mol. The van der Waals surface area contributed by atoms with Crippen LogP contribution in [0.25, 0.3) is 6.08 Å². The van der Waals surface area contributed by atoms with Gasteiger partial charge in [-0.25, -0.2) is 0 Å². The van der Waals surface area contributed by atoms with Gasteiger partial charge in [-0.15, -0.1) is 0 Å². The number of rotatable bonds is 6. The fraction of sp³-hybridized carbons (Fsp3) is 0.304. The second kappa shape index (κ2) is 9.74. The number of hydrogen-bond acceptors (Lipinski definition) is 4. The van der Waals surface area contributed by atoms with Crippen LogP contribution in [0.15, 0.2) is 60.7 Å². The van der Waals surface area contributed by atoms with Gasteiger partial charge in [0.2, 0.25) is 5.91 Å². The zero-order valence-electron chi connectivity index (χ0n) is 16.0. The first-order valence-electron chi connectivity index (χ1n) is 9.63. The number of esters is 1. The molecule has 0 bridgehead atoms. The highest BCUT2D eigenvalue weighted by Crippen LogP contribution is 2.28. The fourth-order valence-electron chi connectivity index (χ4n) is 3.17. The van der Waals surface area contributed by atoms with E-state index in [1.54, 1.807) is 23.1 Å². The van der Waals surface area contributed by atoms with E-state index in [2.05, 4.69) is 0 Å². The van der Waals surface area contributed by atoms with Crippen LogP contribution in [0.3, 0.4) is 0 Å². The molecule has 1 aliphatic rings. The molecule has 0 atom stereocenters. The van der Waals surface area contributed by atoms with Crippen molar-refractivity contribution in [3.8, 4) is 11.5 Å². The van der Waals surface area contributed by atoms with E-state index in [1.165, 1.54) is 0 Å². The highest BCUT2D eigenvalue weighted by Gasteiger charge is 2.28. The molecule has 0 unspecified atom stereocenters. The van der Waals surface area contributed by atoms with E-state index in [0.29, 0.717) is 44.0 Å². The van der Waals surface area contributed by atoms with Crippen LogP contribution in [0.1, 0.15) is 25.3 Å².